The Labute approximate surface area is 136 Å². The van der Waals surface area contributed by atoms with Gasteiger partial charge in [0, 0.05) is 7.05 Å². The van der Waals surface area contributed by atoms with Crippen LogP contribution in [0.1, 0.15) is 28.8 Å². The fourth-order valence-corrected chi connectivity index (χ4v) is 3.77. The van der Waals surface area contributed by atoms with Gasteiger partial charge < -0.3 is 5.11 Å². The zero-order chi connectivity index (χ0) is 17.0. The fraction of sp³-hybridized carbons (Fsp3) is 0.235. The van der Waals surface area contributed by atoms with E-state index in [4.69, 9.17) is 5.11 Å². The predicted molar refractivity (Wildman–Crippen MR) is 90.4 cm³/mol. The molecule has 0 radical (unpaired) electrons. The zero-order valence-corrected chi connectivity index (χ0v) is 13.8. The maximum atomic E-state index is 12.5. The summed E-state index contributed by atoms with van der Waals surface area (Å²) in [6.45, 7) is 1.87. The van der Waals surface area contributed by atoms with Crippen molar-refractivity contribution in [3.63, 3.8) is 0 Å². The fourth-order valence-electron chi connectivity index (χ4n) is 2.28. The minimum atomic E-state index is -3.51. The van der Waals surface area contributed by atoms with E-state index in [1.807, 2.05) is 37.3 Å². The lowest BCUT2D eigenvalue weighted by molar-refractivity contribution is 0.0697. The summed E-state index contributed by atoms with van der Waals surface area (Å²) in [6, 6.07) is 15.2. The first-order valence-electron chi connectivity index (χ1n) is 7.16. The number of carbonyl (C=O) groups is 1. The van der Waals surface area contributed by atoms with Crippen LogP contribution in [-0.4, -0.2) is 32.3 Å². The number of nitrogens with zero attached hydrogens (tertiary/aromatic N) is 1. The molecule has 0 heterocycles. The van der Waals surface area contributed by atoms with Crippen molar-refractivity contribution in [1.29, 1.82) is 0 Å². The van der Waals surface area contributed by atoms with E-state index >= 15 is 0 Å². The molecule has 1 atom stereocenters. The van der Waals surface area contributed by atoms with E-state index < -0.39 is 16.0 Å². The Balaban J connectivity index is 2.16. The van der Waals surface area contributed by atoms with E-state index in [0.717, 1.165) is 5.56 Å². The second-order valence-electron chi connectivity index (χ2n) is 5.41. The Morgan fingerprint density at radius 3 is 2.17 bits per heavy atom. The molecule has 0 fully saturated rings. The highest BCUT2D eigenvalue weighted by Gasteiger charge is 2.22. The molecule has 0 aliphatic heterocycles. The lowest BCUT2D eigenvalue weighted by atomic mass is 10.0. The Hall–Kier alpha value is -2.34. The van der Waals surface area contributed by atoms with Gasteiger partial charge in [-0.25, -0.2) is 13.2 Å². The quantitative estimate of drug-likeness (QED) is 0.882. The second kappa shape index (κ2) is 6.83. The smallest absolute Gasteiger partial charge is 0.335 e. The topological polar surface area (TPSA) is 74.7 Å². The molecule has 2 rings (SSSR count). The van der Waals surface area contributed by atoms with Crippen LogP contribution in [0.15, 0.2) is 54.6 Å². The number of carboxylic acid groups (broad SMARTS) is 1. The third-order valence-corrected chi connectivity index (χ3v) is 5.69. The van der Waals surface area contributed by atoms with Crippen LogP contribution in [0.3, 0.4) is 0 Å². The Kier molecular flexibility index (Phi) is 5.05. The first-order chi connectivity index (χ1) is 10.8. The van der Waals surface area contributed by atoms with Crippen molar-refractivity contribution in [3.8, 4) is 0 Å². The van der Waals surface area contributed by atoms with E-state index in [1.165, 1.54) is 35.6 Å². The standard InChI is InChI=1S/C17H19NO4S/c1-13(14-6-4-3-5-7-14)12-23(21,22)18(2)16-10-8-15(9-11-16)17(19)20/h3-11,13H,12H2,1-2H3,(H,19,20). The molecule has 0 aliphatic carbocycles. The van der Waals surface area contributed by atoms with Gasteiger partial charge in [-0.1, -0.05) is 37.3 Å². The van der Waals surface area contributed by atoms with Crippen LogP contribution in [-0.2, 0) is 10.0 Å². The van der Waals surface area contributed by atoms with Crippen molar-refractivity contribution in [2.45, 2.75) is 12.8 Å². The van der Waals surface area contributed by atoms with Gasteiger partial charge in [-0.3, -0.25) is 4.31 Å². The van der Waals surface area contributed by atoms with Crippen LogP contribution >= 0.6 is 0 Å². The van der Waals surface area contributed by atoms with Gasteiger partial charge in [-0.2, -0.15) is 0 Å². The summed E-state index contributed by atoms with van der Waals surface area (Å²) in [5.41, 5.74) is 1.53. The van der Waals surface area contributed by atoms with Gasteiger partial charge >= 0.3 is 5.97 Å². The monoisotopic (exact) mass is 333 g/mol. The molecule has 2 aromatic rings. The molecule has 0 spiro atoms. The average molecular weight is 333 g/mol. The molecule has 23 heavy (non-hydrogen) atoms. The van der Waals surface area contributed by atoms with Crippen molar-refractivity contribution >= 4 is 21.7 Å². The number of aromatic carboxylic acids is 1. The van der Waals surface area contributed by atoms with E-state index in [9.17, 15) is 13.2 Å². The van der Waals surface area contributed by atoms with Gasteiger partial charge in [-0.05, 0) is 35.7 Å². The summed E-state index contributed by atoms with van der Waals surface area (Å²) in [5, 5.41) is 8.89. The number of carboxylic acids is 1. The maximum absolute atomic E-state index is 12.5. The second-order valence-corrected chi connectivity index (χ2v) is 7.45. The van der Waals surface area contributed by atoms with Crippen molar-refractivity contribution in [3.05, 3.63) is 65.7 Å². The largest absolute Gasteiger partial charge is 0.478 e. The van der Waals surface area contributed by atoms with E-state index in [-0.39, 0.29) is 17.2 Å². The van der Waals surface area contributed by atoms with Crippen LogP contribution in [0.4, 0.5) is 5.69 Å². The van der Waals surface area contributed by atoms with Crippen LogP contribution in [0.5, 0.6) is 0 Å². The predicted octanol–water partition coefficient (Wildman–Crippen LogP) is 2.95. The molecule has 1 unspecified atom stereocenters. The highest BCUT2D eigenvalue weighted by Crippen LogP contribution is 2.22. The average Bonchev–Trinajstić information content (AvgIpc) is 2.54. The molecule has 2 aromatic carbocycles. The van der Waals surface area contributed by atoms with Gasteiger partial charge in [0.15, 0.2) is 0 Å². The Morgan fingerprint density at radius 1 is 1.09 bits per heavy atom. The minimum Gasteiger partial charge on any atom is -0.478 e. The highest BCUT2D eigenvalue weighted by atomic mass is 32.2. The van der Waals surface area contributed by atoms with Gasteiger partial charge in [0.25, 0.3) is 0 Å². The maximum Gasteiger partial charge on any atom is 0.335 e. The number of hydrogen-bond acceptors (Lipinski definition) is 3. The molecule has 6 heteroatoms. The molecule has 0 saturated carbocycles. The van der Waals surface area contributed by atoms with E-state index in [2.05, 4.69) is 0 Å². The number of hydrogen-bond donors (Lipinski definition) is 1. The Morgan fingerprint density at radius 2 is 1.65 bits per heavy atom. The lowest BCUT2D eigenvalue weighted by Gasteiger charge is -2.22. The van der Waals surface area contributed by atoms with E-state index in [0.29, 0.717) is 5.69 Å². The van der Waals surface area contributed by atoms with E-state index in [1.54, 1.807) is 0 Å². The number of anilines is 1. The van der Waals surface area contributed by atoms with Gasteiger partial charge in [0.1, 0.15) is 0 Å². The molecular formula is C17H19NO4S. The summed E-state index contributed by atoms with van der Waals surface area (Å²) < 4.78 is 26.3. The molecule has 0 aromatic heterocycles. The van der Waals surface area contributed by atoms with Crippen molar-refractivity contribution in [1.82, 2.24) is 0 Å². The van der Waals surface area contributed by atoms with Crippen molar-refractivity contribution in [2.75, 3.05) is 17.1 Å². The number of rotatable bonds is 6. The Bertz CT molecular complexity index is 770. The summed E-state index contributed by atoms with van der Waals surface area (Å²) >= 11 is 0. The summed E-state index contributed by atoms with van der Waals surface area (Å²) in [4.78, 5) is 10.8. The van der Waals surface area contributed by atoms with Crippen LogP contribution in [0, 0.1) is 0 Å². The van der Waals surface area contributed by atoms with Gasteiger partial charge in [-0.15, -0.1) is 0 Å². The SMILES string of the molecule is CC(CS(=O)(=O)N(C)c1ccc(C(=O)O)cc1)c1ccccc1. The zero-order valence-electron chi connectivity index (χ0n) is 13.0. The third-order valence-electron chi connectivity index (χ3n) is 3.72. The normalized spacial score (nSPS) is 12.6. The molecular weight excluding hydrogens is 314 g/mol. The summed E-state index contributed by atoms with van der Waals surface area (Å²) in [7, 11) is -2.03. The summed E-state index contributed by atoms with van der Waals surface area (Å²) in [5.74, 6) is -1.20. The third kappa shape index (κ3) is 4.10. The van der Waals surface area contributed by atoms with Crippen molar-refractivity contribution < 1.29 is 18.3 Å². The molecule has 122 valence electrons. The molecule has 0 saturated heterocycles. The molecule has 0 bridgehead atoms. The molecule has 5 nitrogen and oxygen atoms in total. The van der Waals surface area contributed by atoms with Crippen LogP contribution in [0.2, 0.25) is 0 Å². The molecule has 0 aliphatic rings. The summed E-state index contributed by atoms with van der Waals surface area (Å²) in [6.07, 6.45) is 0. The lowest BCUT2D eigenvalue weighted by Crippen LogP contribution is -2.31. The van der Waals surface area contributed by atoms with Crippen LogP contribution < -0.4 is 4.31 Å². The minimum absolute atomic E-state index is 0.0196. The highest BCUT2D eigenvalue weighted by molar-refractivity contribution is 7.92. The van der Waals surface area contributed by atoms with Crippen molar-refractivity contribution in [2.24, 2.45) is 0 Å². The first-order valence-corrected chi connectivity index (χ1v) is 8.77. The first kappa shape index (κ1) is 17.0. The molecule has 0 amide bonds. The van der Waals surface area contributed by atoms with Gasteiger partial charge in [0.2, 0.25) is 10.0 Å². The number of benzene rings is 2. The van der Waals surface area contributed by atoms with Gasteiger partial charge in [0.05, 0.1) is 17.0 Å². The molecule has 1 N–H and O–H groups in total. The van der Waals surface area contributed by atoms with Crippen LogP contribution in [0.25, 0.3) is 0 Å². The number of sulfonamides is 1.